The van der Waals surface area contributed by atoms with Crippen LogP contribution in [0, 0.1) is 0 Å². The molecule has 0 amide bonds. The minimum absolute atomic E-state index is 0.562. The van der Waals surface area contributed by atoms with Gasteiger partial charge in [-0.05, 0) is 31.9 Å². The van der Waals surface area contributed by atoms with E-state index in [1.807, 2.05) is 10.9 Å². The summed E-state index contributed by atoms with van der Waals surface area (Å²) in [6.45, 7) is 11.2. The van der Waals surface area contributed by atoms with Crippen LogP contribution in [-0.2, 0) is 13.0 Å². The Morgan fingerprint density at radius 1 is 1.38 bits per heavy atom. The first kappa shape index (κ1) is 17.2. The second-order valence-electron chi connectivity index (χ2n) is 5.89. The maximum atomic E-state index is 4.42. The topological polar surface area (TPSA) is 29.9 Å². The molecule has 0 aromatic carbocycles. The lowest BCUT2D eigenvalue weighted by Gasteiger charge is -2.36. The van der Waals surface area contributed by atoms with Crippen LogP contribution < -0.4 is 5.32 Å². The van der Waals surface area contributed by atoms with Gasteiger partial charge in [0.1, 0.15) is 0 Å². The fourth-order valence-electron chi connectivity index (χ4n) is 2.62. The molecule has 1 N–H and O–H groups in total. The number of nitrogens with one attached hydrogen (secondary N) is 1. The third-order valence-corrected chi connectivity index (χ3v) is 7.70. The summed E-state index contributed by atoms with van der Waals surface area (Å²) < 4.78 is 2.03. The van der Waals surface area contributed by atoms with Crippen molar-refractivity contribution in [3.05, 3.63) is 18.0 Å². The molecule has 1 saturated heterocycles. The van der Waals surface area contributed by atoms with Crippen molar-refractivity contribution in [2.75, 3.05) is 12.3 Å². The number of hydrogen-bond donors (Lipinski definition) is 1. The second-order valence-corrected chi connectivity index (χ2v) is 8.92. The maximum absolute atomic E-state index is 4.42. The highest BCUT2D eigenvalue weighted by Gasteiger charge is 2.31. The molecular formula is C16H29N3S2. The van der Waals surface area contributed by atoms with Gasteiger partial charge in [-0.3, -0.25) is 4.68 Å². The Morgan fingerprint density at radius 2 is 2.19 bits per heavy atom. The Hall–Kier alpha value is -0.130. The Kier molecular flexibility index (Phi) is 6.96. The quantitative estimate of drug-likeness (QED) is 0.831. The van der Waals surface area contributed by atoms with E-state index in [2.05, 4.69) is 67.8 Å². The van der Waals surface area contributed by atoms with Gasteiger partial charge in [-0.2, -0.15) is 28.6 Å². The highest BCUT2D eigenvalue weighted by Crippen LogP contribution is 2.37. The predicted octanol–water partition coefficient (Wildman–Crippen LogP) is 3.44. The molecule has 1 aliphatic heterocycles. The number of hydrogen-bond acceptors (Lipinski definition) is 4. The van der Waals surface area contributed by atoms with E-state index in [0.717, 1.165) is 30.0 Å². The first-order valence-electron chi connectivity index (χ1n) is 8.15. The molecule has 4 atom stereocenters. The minimum atomic E-state index is 0.562. The van der Waals surface area contributed by atoms with Gasteiger partial charge in [0.2, 0.25) is 0 Å². The molecule has 1 aromatic heterocycles. The summed E-state index contributed by atoms with van der Waals surface area (Å²) in [6.07, 6.45) is 6.53. The second kappa shape index (κ2) is 8.49. The Morgan fingerprint density at radius 3 is 2.81 bits per heavy atom. The van der Waals surface area contributed by atoms with Crippen molar-refractivity contribution in [3.8, 4) is 0 Å². The molecule has 21 heavy (non-hydrogen) atoms. The van der Waals surface area contributed by atoms with Gasteiger partial charge in [-0.1, -0.05) is 20.8 Å². The molecule has 3 nitrogen and oxygen atoms in total. The van der Waals surface area contributed by atoms with Crippen LogP contribution in [-0.4, -0.2) is 43.9 Å². The summed E-state index contributed by atoms with van der Waals surface area (Å²) >= 11 is 4.31. The van der Waals surface area contributed by atoms with E-state index >= 15 is 0 Å². The van der Waals surface area contributed by atoms with Crippen LogP contribution in [0.2, 0.25) is 0 Å². The van der Waals surface area contributed by atoms with E-state index in [1.54, 1.807) is 0 Å². The molecule has 5 heteroatoms. The first-order chi connectivity index (χ1) is 10.1. The molecule has 0 bridgehead atoms. The monoisotopic (exact) mass is 327 g/mol. The largest absolute Gasteiger partial charge is 0.313 e. The summed E-state index contributed by atoms with van der Waals surface area (Å²) in [5, 5.41) is 10.4. The summed E-state index contributed by atoms with van der Waals surface area (Å²) in [7, 11) is 0. The van der Waals surface area contributed by atoms with Gasteiger partial charge in [-0.15, -0.1) is 0 Å². The number of rotatable bonds is 7. The maximum Gasteiger partial charge on any atom is 0.0522 e. The zero-order chi connectivity index (χ0) is 15.2. The van der Waals surface area contributed by atoms with Crippen LogP contribution in [0.25, 0.3) is 0 Å². The fraction of sp³-hybridized carbons (Fsp3) is 0.812. The number of nitrogens with zero attached hydrogens (tertiary/aromatic N) is 2. The lowest BCUT2D eigenvalue weighted by atomic mass is 10.1. The van der Waals surface area contributed by atoms with Crippen LogP contribution in [0.15, 0.2) is 12.4 Å². The first-order valence-corrected chi connectivity index (χ1v) is 10.1. The normalized spacial score (nSPS) is 27.7. The van der Waals surface area contributed by atoms with Gasteiger partial charge in [-0.25, -0.2) is 0 Å². The van der Waals surface area contributed by atoms with Crippen LogP contribution >= 0.6 is 23.5 Å². The van der Waals surface area contributed by atoms with Crippen molar-refractivity contribution < 1.29 is 0 Å². The molecule has 0 saturated carbocycles. The number of aryl methyl sites for hydroxylation is 1. The molecular weight excluding hydrogens is 298 g/mol. The highest BCUT2D eigenvalue weighted by atomic mass is 32.2. The number of aromatic nitrogens is 2. The van der Waals surface area contributed by atoms with E-state index in [9.17, 15) is 0 Å². The van der Waals surface area contributed by atoms with Crippen LogP contribution in [0.1, 0.15) is 39.7 Å². The molecule has 0 spiro atoms. The lowest BCUT2D eigenvalue weighted by molar-refractivity contribution is 0.503. The highest BCUT2D eigenvalue weighted by molar-refractivity contribution is 8.07. The van der Waals surface area contributed by atoms with Crippen LogP contribution in [0.3, 0.4) is 0 Å². The summed E-state index contributed by atoms with van der Waals surface area (Å²) in [4.78, 5) is 0. The average molecular weight is 328 g/mol. The SMILES string of the molecule is CCCNC(Cc1cnn(CC)c1)C1CSC(C)C(C)S1. The molecule has 0 radical (unpaired) electrons. The molecule has 1 fully saturated rings. The van der Waals surface area contributed by atoms with Crippen LogP contribution in [0.5, 0.6) is 0 Å². The van der Waals surface area contributed by atoms with E-state index in [4.69, 9.17) is 0 Å². The average Bonchev–Trinajstić information content (AvgIpc) is 2.94. The Balaban J connectivity index is 1.99. The Bertz CT molecular complexity index is 421. The summed E-state index contributed by atoms with van der Waals surface area (Å²) in [5.41, 5.74) is 1.36. The third-order valence-electron chi connectivity index (χ3n) is 4.15. The molecule has 2 heterocycles. The van der Waals surface area contributed by atoms with Gasteiger partial charge in [0.25, 0.3) is 0 Å². The van der Waals surface area contributed by atoms with Gasteiger partial charge in [0, 0.05) is 40.3 Å². The number of thioether (sulfide) groups is 2. The Labute approximate surface area is 138 Å². The molecule has 1 aromatic rings. The minimum Gasteiger partial charge on any atom is -0.313 e. The van der Waals surface area contributed by atoms with Crippen molar-refractivity contribution in [1.82, 2.24) is 15.1 Å². The van der Waals surface area contributed by atoms with Crippen molar-refractivity contribution in [2.45, 2.75) is 68.9 Å². The van der Waals surface area contributed by atoms with Crippen molar-refractivity contribution in [3.63, 3.8) is 0 Å². The predicted molar refractivity (Wildman–Crippen MR) is 96.4 cm³/mol. The van der Waals surface area contributed by atoms with Gasteiger partial charge in [0.05, 0.1) is 6.20 Å². The lowest BCUT2D eigenvalue weighted by Crippen LogP contribution is -2.45. The van der Waals surface area contributed by atoms with Gasteiger partial charge >= 0.3 is 0 Å². The molecule has 0 aliphatic carbocycles. The van der Waals surface area contributed by atoms with Crippen molar-refractivity contribution >= 4 is 23.5 Å². The van der Waals surface area contributed by atoms with E-state index in [0.29, 0.717) is 11.3 Å². The molecule has 2 rings (SSSR count). The standard InChI is InChI=1S/C16H29N3S2/c1-5-7-17-15(8-14-9-18-19(6-2)10-14)16-11-20-12(3)13(4)21-16/h9-10,12-13,15-17H,5-8,11H2,1-4H3. The van der Waals surface area contributed by atoms with E-state index in [1.165, 1.54) is 17.7 Å². The van der Waals surface area contributed by atoms with Crippen molar-refractivity contribution in [2.24, 2.45) is 0 Å². The zero-order valence-corrected chi connectivity index (χ0v) is 15.3. The summed E-state index contributed by atoms with van der Waals surface area (Å²) in [5.74, 6) is 1.26. The van der Waals surface area contributed by atoms with Crippen LogP contribution in [0.4, 0.5) is 0 Å². The summed E-state index contributed by atoms with van der Waals surface area (Å²) in [6, 6.07) is 0.562. The van der Waals surface area contributed by atoms with E-state index in [-0.39, 0.29) is 0 Å². The zero-order valence-electron chi connectivity index (χ0n) is 13.7. The van der Waals surface area contributed by atoms with Gasteiger partial charge in [0.15, 0.2) is 0 Å². The molecule has 4 unspecified atom stereocenters. The molecule has 120 valence electrons. The van der Waals surface area contributed by atoms with E-state index < -0.39 is 0 Å². The molecule has 1 aliphatic rings. The third kappa shape index (κ3) is 4.93. The van der Waals surface area contributed by atoms with Gasteiger partial charge < -0.3 is 5.32 Å². The van der Waals surface area contributed by atoms with Crippen molar-refractivity contribution in [1.29, 1.82) is 0 Å². The fourth-order valence-corrected chi connectivity index (χ4v) is 5.75. The smallest absolute Gasteiger partial charge is 0.0522 e.